The predicted octanol–water partition coefficient (Wildman–Crippen LogP) is 5.50. The van der Waals surface area contributed by atoms with Crippen molar-refractivity contribution in [2.24, 2.45) is 5.41 Å². The number of anilines is 2. The average molecular weight is 454 g/mol. The summed E-state index contributed by atoms with van der Waals surface area (Å²) >= 11 is 1.57. The van der Waals surface area contributed by atoms with Crippen LogP contribution < -0.4 is 15.5 Å². The molecule has 0 saturated heterocycles. The van der Waals surface area contributed by atoms with Crippen LogP contribution >= 0.6 is 11.3 Å². The fourth-order valence-corrected chi connectivity index (χ4v) is 5.35. The van der Waals surface area contributed by atoms with E-state index in [-0.39, 0.29) is 17.2 Å². The predicted molar refractivity (Wildman–Crippen MR) is 129 cm³/mol. The first kappa shape index (κ1) is 22.6. The topological polar surface area (TPSA) is 70.7 Å². The first-order valence-electron chi connectivity index (χ1n) is 11.2. The SMILES string of the molecule is CCOCCCNC(=O)N1c2ccccc2NC2=C(C(=O)CC(C)(C)C2)[C@H]1c1cccs1. The number of para-hydroxylation sites is 2. The molecule has 1 atom stereocenters. The zero-order valence-corrected chi connectivity index (χ0v) is 19.8. The van der Waals surface area contributed by atoms with Crippen LogP contribution in [-0.2, 0) is 9.53 Å². The van der Waals surface area contributed by atoms with Crippen LogP contribution in [0.2, 0.25) is 0 Å². The van der Waals surface area contributed by atoms with Crippen LogP contribution in [0.1, 0.15) is 51.0 Å². The van der Waals surface area contributed by atoms with Crippen LogP contribution in [0.5, 0.6) is 0 Å². The Morgan fingerprint density at radius 1 is 1.25 bits per heavy atom. The molecule has 6 nitrogen and oxygen atoms in total. The van der Waals surface area contributed by atoms with Crippen LogP contribution in [0.3, 0.4) is 0 Å². The van der Waals surface area contributed by atoms with E-state index in [4.69, 9.17) is 4.74 Å². The second kappa shape index (κ2) is 9.46. The molecule has 0 saturated carbocycles. The summed E-state index contributed by atoms with van der Waals surface area (Å²) in [6.07, 6.45) is 1.96. The Kier molecular flexibility index (Phi) is 6.67. The second-order valence-electron chi connectivity index (χ2n) is 9.05. The van der Waals surface area contributed by atoms with Crippen molar-refractivity contribution in [3.8, 4) is 0 Å². The van der Waals surface area contributed by atoms with E-state index >= 15 is 0 Å². The van der Waals surface area contributed by atoms with E-state index in [9.17, 15) is 9.59 Å². The Morgan fingerprint density at radius 3 is 2.81 bits per heavy atom. The zero-order valence-electron chi connectivity index (χ0n) is 18.9. The lowest BCUT2D eigenvalue weighted by molar-refractivity contribution is -0.118. The molecule has 0 unspecified atom stereocenters. The van der Waals surface area contributed by atoms with Crippen molar-refractivity contribution in [2.75, 3.05) is 30.0 Å². The summed E-state index contributed by atoms with van der Waals surface area (Å²) in [6, 6.07) is 11.1. The molecule has 2 heterocycles. The third-order valence-corrected chi connectivity index (χ3v) is 6.80. The maximum atomic E-state index is 13.6. The molecule has 32 heavy (non-hydrogen) atoms. The number of fused-ring (bicyclic) bond motifs is 1. The molecule has 4 rings (SSSR count). The van der Waals surface area contributed by atoms with Gasteiger partial charge in [0.25, 0.3) is 0 Å². The average Bonchev–Trinajstić information content (AvgIpc) is 3.22. The first-order valence-corrected chi connectivity index (χ1v) is 12.1. The van der Waals surface area contributed by atoms with Crippen LogP contribution in [0.4, 0.5) is 16.2 Å². The lowest BCUT2D eigenvalue weighted by Gasteiger charge is -2.36. The summed E-state index contributed by atoms with van der Waals surface area (Å²) in [5, 5.41) is 8.57. The van der Waals surface area contributed by atoms with Gasteiger partial charge >= 0.3 is 6.03 Å². The zero-order chi connectivity index (χ0) is 22.7. The number of amides is 2. The number of hydrogen-bond acceptors (Lipinski definition) is 5. The quantitative estimate of drug-likeness (QED) is 0.567. The van der Waals surface area contributed by atoms with Crippen molar-refractivity contribution in [2.45, 2.75) is 46.1 Å². The number of nitrogens with one attached hydrogen (secondary N) is 2. The maximum Gasteiger partial charge on any atom is 0.322 e. The number of carbonyl (C=O) groups is 2. The number of ketones is 1. The number of hydrogen-bond donors (Lipinski definition) is 2. The Morgan fingerprint density at radius 2 is 2.06 bits per heavy atom. The van der Waals surface area contributed by atoms with Gasteiger partial charge in [0.15, 0.2) is 5.78 Å². The van der Waals surface area contributed by atoms with Crippen molar-refractivity contribution in [1.82, 2.24) is 5.32 Å². The number of thiophene rings is 1. The largest absolute Gasteiger partial charge is 0.382 e. The monoisotopic (exact) mass is 453 g/mol. The normalized spacial score (nSPS) is 19.7. The molecular weight excluding hydrogens is 422 g/mol. The molecule has 0 bridgehead atoms. The van der Waals surface area contributed by atoms with Gasteiger partial charge in [-0.25, -0.2) is 4.79 Å². The summed E-state index contributed by atoms with van der Waals surface area (Å²) < 4.78 is 5.40. The van der Waals surface area contributed by atoms with Crippen LogP contribution in [0, 0.1) is 5.41 Å². The maximum absolute atomic E-state index is 13.6. The summed E-state index contributed by atoms with van der Waals surface area (Å²) in [6.45, 7) is 7.97. The molecule has 0 fully saturated rings. The molecule has 7 heteroatoms. The molecule has 0 radical (unpaired) electrons. The molecule has 1 aromatic carbocycles. The highest BCUT2D eigenvalue weighted by atomic mass is 32.1. The molecule has 2 amide bonds. The van der Waals surface area contributed by atoms with E-state index < -0.39 is 6.04 Å². The van der Waals surface area contributed by atoms with E-state index in [1.807, 2.05) is 48.7 Å². The number of nitrogens with zero attached hydrogens (tertiary/aromatic N) is 1. The van der Waals surface area contributed by atoms with Gasteiger partial charge in [-0.3, -0.25) is 9.69 Å². The van der Waals surface area contributed by atoms with Gasteiger partial charge in [0.05, 0.1) is 11.4 Å². The van der Waals surface area contributed by atoms with Gasteiger partial charge in [-0.05, 0) is 48.8 Å². The van der Waals surface area contributed by atoms with Crippen LogP contribution in [0.25, 0.3) is 0 Å². The minimum Gasteiger partial charge on any atom is -0.382 e. The van der Waals surface area contributed by atoms with Crippen LogP contribution in [-0.4, -0.2) is 31.6 Å². The Balaban J connectivity index is 1.78. The van der Waals surface area contributed by atoms with Crippen molar-refractivity contribution >= 4 is 34.5 Å². The van der Waals surface area contributed by atoms with Gasteiger partial charge in [0.2, 0.25) is 0 Å². The number of urea groups is 1. The number of benzene rings is 1. The molecule has 2 N–H and O–H groups in total. The highest BCUT2D eigenvalue weighted by Gasteiger charge is 2.43. The van der Waals surface area contributed by atoms with E-state index in [1.165, 1.54) is 0 Å². The molecule has 1 aliphatic heterocycles. The molecule has 2 aromatic rings. The van der Waals surface area contributed by atoms with Crippen LogP contribution in [0.15, 0.2) is 53.0 Å². The van der Waals surface area contributed by atoms with Crippen molar-refractivity contribution < 1.29 is 14.3 Å². The van der Waals surface area contributed by atoms with E-state index in [0.717, 1.165) is 34.8 Å². The van der Waals surface area contributed by atoms with Gasteiger partial charge in [-0.15, -0.1) is 11.3 Å². The Hall–Kier alpha value is -2.64. The Labute approximate surface area is 193 Å². The van der Waals surface area contributed by atoms with Gasteiger partial charge < -0.3 is 15.4 Å². The van der Waals surface area contributed by atoms with Gasteiger partial charge in [0, 0.05) is 42.3 Å². The lowest BCUT2D eigenvalue weighted by atomic mass is 9.74. The number of carbonyl (C=O) groups excluding carboxylic acids is 2. The second-order valence-corrected chi connectivity index (χ2v) is 10.0. The van der Waals surface area contributed by atoms with Crippen molar-refractivity contribution in [3.05, 3.63) is 57.9 Å². The summed E-state index contributed by atoms with van der Waals surface area (Å²) in [4.78, 5) is 29.8. The summed E-state index contributed by atoms with van der Waals surface area (Å²) in [7, 11) is 0. The molecule has 1 aliphatic carbocycles. The molecular formula is C25H31N3O3S. The fourth-order valence-electron chi connectivity index (χ4n) is 4.53. The van der Waals surface area contributed by atoms with Crippen molar-refractivity contribution in [3.63, 3.8) is 0 Å². The lowest BCUT2D eigenvalue weighted by Crippen LogP contribution is -2.45. The molecule has 170 valence electrons. The minimum atomic E-state index is -0.461. The van der Waals surface area contributed by atoms with Gasteiger partial charge in [0.1, 0.15) is 6.04 Å². The number of allylic oxidation sites excluding steroid dienone is 1. The van der Waals surface area contributed by atoms with E-state index in [2.05, 4.69) is 24.5 Å². The number of ether oxygens (including phenoxy) is 1. The molecule has 0 spiro atoms. The van der Waals surface area contributed by atoms with Crippen molar-refractivity contribution in [1.29, 1.82) is 0 Å². The van der Waals surface area contributed by atoms with Gasteiger partial charge in [-0.2, -0.15) is 0 Å². The summed E-state index contributed by atoms with van der Waals surface area (Å²) in [5.74, 6) is 0.101. The third-order valence-electron chi connectivity index (χ3n) is 5.88. The number of rotatable bonds is 6. The first-order chi connectivity index (χ1) is 15.4. The number of Topliss-reactive ketones (excluding diaryl/α,β-unsaturated/α-hetero) is 1. The molecule has 2 aliphatic rings. The Bertz CT molecular complexity index is 1010. The smallest absolute Gasteiger partial charge is 0.322 e. The van der Waals surface area contributed by atoms with E-state index in [0.29, 0.717) is 31.8 Å². The standard InChI is InChI=1S/C25H31N3O3S/c1-4-31-13-8-12-26-24(30)28-19-10-6-5-9-17(19)27-18-15-25(2,3)16-20(29)22(18)23(28)21-11-7-14-32-21/h5-7,9-11,14,23,27H,4,8,12-13,15-16H2,1-3H3,(H,26,30)/t23-/m1/s1. The fraction of sp³-hybridized carbons (Fsp3) is 0.440. The van der Waals surface area contributed by atoms with Gasteiger partial charge in [-0.1, -0.05) is 32.0 Å². The third kappa shape index (κ3) is 4.59. The molecule has 1 aromatic heterocycles. The highest BCUT2D eigenvalue weighted by Crippen LogP contribution is 2.48. The highest BCUT2D eigenvalue weighted by molar-refractivity contribution is 7.10. The van der Waals surface area contributed by atoms with E-state index in [1.54, 1.807) is 16.2 Å². The minimum absolute atomic E-state index is 0.101. The summed E-state index contributed by atoms with van der Waals surface area (Å²) in [5.41, 5.74) is 3.10.